The van der Waals surface area contributed by atoms with Crippen molar-refractivity contribution in [3.8, 4) is 0 Å². The van der Waals surface area contributed by atoms with E-state index >= 15 is 0 Å². The van der Waals surface area contributed by atoms with E-state index in [9.17, 15) is 0 Å². The van der Waals surface area contributed by atoms with Crippen LogP contribution in [0.3, 0.4) is 0 Å². The number of aliphatic hydroxyl groups excluding tert-OH is 1. The Bertz CT molecular complexity index is 303. The van der Waals surface area contributed by atoms with Crippen LogP contribution in [0.25, 0.3) is 0 Å². The van der Waals surface area contributed by atoms with Gasteiger partial charge in [0.25, 0.3) is 0 Å². The molecule has 0 amide bonds. The quantitative estimate of drug-likeness (QED) is 0.836. The van der Waals surface area contributed by atoms with Crippen LogP contribution in [-0.4, -0.2) is 30.2 Å². The van der Waals surface area contributed by atoms with Crippen LogP contribution in [-0.2, 0) is 0 Å². The molecule has 1 rings (SSSR count). The molecule has 1 aromatic rings. The van der Waals surface area contributed by atoms with Crippen molar-refractivity contribution in [1.82, 2.24) is 4.90 Å². The molecule has 1 N–H and O–H groups in total. The van der Waals surface area contributed by atoms with Gasteiger partial charge in [0.1, 0.15) is 0 Å². The molecule has 2 nitrogen and oxygen atoms in total. The van der Waals surface area contributed by atoms with E-state index in [4.69, 9.17) is 16.7 Å². The van der Waals surface area contributed by atoms with E-state index in [-0.39, 0.29) is 12.6 Å². The van der Waals surface area contributed by atoms with Gasteiger partial charge in [-0.3, -0.25) is 4.90 Å². The largest absolute Gasteiger partial charge is 0.396 e. The Morgan fingerprint density at radius 1 is 1.40 bits per heavy atom. The van der Waals surface area contributed by atoms with Gasteiger partial charge in [0, 0.05) is 24.2 Å². The molecule has 0 bridgehead atoms. The Hall–Kier alpha value is -0.570. The zero-order valence-corrected chi connectivity index (χ0v) is 10.0. The van der Waals surface area contributed by atoms with Crippen molar-refractivity contribution in [1.29, 1.82) is 0 Å². The van der Waals surface area contributed by atoms with Crippen LogP contribution >= 0.6 is 11.6 Å². The van der Waals surface area contributed by atoms with E-state index in [0.717, 1.165) is 23.6 Å². The third kappa shape index (κ3) is 3.49. The molecule has 0 aliphatic carbocycles. The molecule has 0 aliphatic rings. The van der Waals surface area contributed by atoms with Crippen molar-refractivity contribution >= 4 is 11.6 Å². The topological polar surface area (TPSA) is 23.5 Å². The average Bonchev–Trinajstić information content (AvgIpc) is 2.25. The lowest BCUT2D eigenvalue weighted by atomic mass is 10.1. The molecule has 0 aliphatic heterocycles. The summed E-state index contributed by atoms with van der Waals surface area (Å²) < 4.78 is 0. The number of nitrogens with zero attached hydrogens (tertiary/aromatic N) is 1. The highest BCUT2D eigenvalue weighted by Gasteiger charge is 2.13. The maximum atomic E-state index is 8.77. The van der Waals surface area contributed by atoms with E-state index in [1.807, 2.05) is 31.3 Å². The highest BCUT2D eigenvalue weighted by atomic mass is 35.5. The number of aliphatic hydroxyl groups is 1. The SMILES string of the molecule is CC(c1ccccc1Cl)N(C)CCCO. The molecule has 0 heterocycles. The molecule has 0 saturated carbocycles. The summed E-state index contributed by atoms with van der Waals surface area (Å²) >= 11 is 6.12. The maximum Gasteiger partial charge on any atom is 0.0453 e. The van der Waals surface area contributed by atoms with Gasteiger partial charge in [0.2, 0.25) is 0 Å². The summed E-state index contributed by atoms with van der Waals surface area (Å²) in [6, 6.07) is 8.17. The molecule has 0 aromatic heterocycles. The number of hydrogen-bond donors (Lipinski definition) is 1. The van der Waals surface area contributed by atoms with Crippen molar-refractivity contribution in [2.24, 2.45) is 0 Å². The van der Waals surface area contributed by atoms with Crippen LogP contribution in [0.1, 0.15) is 24.9 Å². The summed E-state index contributed by atoms with van der Waals surface area (Å²) in [5.41, 5.74) is 1.14. The van der Waals surface area contributed by atoms with Gasteiger partial charge in [-0.2, -0.15) is 0 Å². The van der Waals surface area contributed by atoms with Crippen molar-refractivity contribution in [2.75, 3.05) is 20.2 Å². The summed E-state index contributed by atoms with van der Waals surface area (Å²) in [4.78, 5) is 2.19. The van der Waals surface area contributed by atoms with Gasteiger partial charge in [-0.1, -0.05) is 29.8 Å². The van der Waals surface area contributed by atoms with Gasteiger partial charge in [0.15, 0.2) is 0 Å². The Balaban J connectivity index is 2.67. The summed E-state index contributed by atoms with van der Waals surface area (Å²) in [5, 5.41) is 9.58. The van der Waals surface area contributed by atoms with Crippen molar-refractivity contribution in [2.45, 2.75) is 19.4 Å². The predicted molar refractivity (Wildman–Crippen MR) is 64.2 cm³/mol. The van der Waals surface area contributed by atoms with Crippen LogP contribution in [0, 0.1) is 0 Å². The summed E-state index contributed by atoms with van der Waals surface area (Å²) in [6.45, 7) is 3.24. The molecular weight excluding hydrogens is 210 g/mol. The number of halogens is 1. The zero-order valence-electron chi connectivity index (χ0n) is 9.28. The smallest absolute Gasteiger partial charge is 0.0453 e. The monoisotopic (exact) mass is 227 g/mol. The molecule has 0 spiro atoms. The molecular formula is C12H18ClNO. The first-order valence-electron chi connectivity index (χ1n) is 5.22. The third-order valence-electron chi connectivity index (χ3n) is 2.69. The van der Waals surface area contributed by atoms with E-state index in [2.05, 4.69) is 11.8 Å². The normalized spacial score (nSPS) is 13.1. The minimum Gasteiger partial charge on any atom is -0.396 e. The highest BCUT2D eigenvalue weighted by molar-refractivity contribution is 6.31. The molecule has 84 valence electrons. The lowest BCUT2D eigenvalue weighted by Crippen LogP contribution is -2.24. The first-order chi connectivity index (χ1) is 7.16. The predicted octanol–water partition coefficient (Wildman–Crippen LogP) is 2.72. The molecule has 0 fully saturated rings. The lowest BCUT2D eigenvalue weighted by Gasteiger charge is -2.25. The first kappa shape index (κ1) is 12.5. The fraction of sp³-hybridized carbons (Fsp3) is 0.500. The van der Waals surface area contributed by atoms with Crippen molar-refractivity contribution in [3.05, 3.63) is 34.9 Å². The molecule has 1 unspecified atom stereocenters. The fourth-order valence-corrected chi connectivity index (χ4v) is 1.86. The molecule has 0 saturated heterocycles. The fourth-order valence-electron chi connectivity index (χ4n) is 1.57. The van der Waals surface area contributed by atoms with E-state index < -0.39 is 0 Å². The Labute approximate surface area is 96.5 Å². The van der Waals surface area contributed by atoms with Gasteiger partial charge in [-0.25, -0.2) is 0 Å². The molecule has 0 radical (unpaired) electrons. The van der Waals surface area contributed by atoms with E-state index in [0.29, 0.717) is 0 Å². The van der Waals surface area contributed by atoms with Gasteiger partial charge < -0.3 is 5.11 Å². The van der Waals surface area contributed by atoms with Crippen LogP contribution in [0.4, 0.5) is 0 Å². The van der Waals surface area contributed by atoms with Gasteiger partial charge in [-0.15, -0.1) is 0 Å². The minimum absolute atomic E-state index is 0.236. The van der Waals surface area contributed by atoms with E-state index in [1.54, 1.807) is 0 Å². The highest BCUT2D eigenvalue weighted by Crippen LogP contribution is 2.25. The summed E-state index contributed by atoms with van der Waals surface area (Å²) in [6.07, 6.45) is 0.797. The Morgan fingerprint density at radius 3 is 2.67 bits per heavy atom. The molecule has 1 aromatic carbocycles. The molecule has 1 atom stereocenters. The van der Waals surface area contributed by atoms with Gasteiger partial charge >= 0.3 is 0 Å². The lowest BCUT2D eigenvalue weighted by molar-refractivity contribution is 0.217. The second-order valence-electron chi connectivity index (χ2n) is 3.76. The zero-order chi connectivity index (χ0) is 11.3. The molecule has 15 heavy (non-hydrogen) atoms. The minimum atomic E-state index is 0.236. The second-order valence-corrected chi connectivity index (χ2v) is 4.16. The first-order valence-corrected chi connectivity index (χ1v) is 5.60. The van der Waals surface area contributed by atoms with Crippen molar-refractivity contribution in [3.63, 3.8) is 0 Å². The number of rotatable bonds is 5. The van der Waals surface area contributed by atoms with Crippen LogP contribution in [0.15, 0.2) is 24.3 Å². The Kier molecular flexibility index (Phi) is 5.09. The van der Waals surface area contributed by atoms with Crippen LogP contribution < -0.4 is 0 Å². The van der Waals surface area contributed by atoms with Crippen LogP contribution in [0.2, 0.25) is 5.02 Å². The van der Waals surface area contributed by atoms with Gasteiger partial charge in [0.05, 0.1) is 0 Å². The number of benzene rings is 1. The standard InChI is InChI=1S/C12H18ClNO/c1-10(14(2)8-5-9-15)11-6-3-4-7-12(11)13/h3-4,6-7,10,15H,5,8-9H2,1-2H3. The molecule has 3 heteroatoms. The third-order valence-corrected chi connectivity index (χ3v) is 3.03. The second kappa shape index (κ2) is 6.11. The van der Waals surface area contributed by atoms with Crippen LogP contribution in [0.5, 0.6) is 0 Å². The van der Waals surface area contributed by atoms with Crippen molar-refractivity contribution < 1.29 is 5.11 Å². The van der Waals surface area contributed by atoms with Gasteiger partial charge in [-0.05, 0) is 32.0 Å². The summed E-state index contributed by atoms with van der Waals surface area (Å²) in [5.74, 6) is 0. The average molecular weight is 228 g/mol. The maximum absolute atomic E-state index is 8.77. The number of hydrogen-bond acceptors (Lipinski definition) is 2. The Morgan fingerprint density at radius 2 is 2.07 bits per heavy atom. The summed E-state index contributed by atoms with van der Waals surface area (Å²) in [7, 11) is 2.05. The van der Waals surface area contributed by atoms with E-state index in [1.165, 1.54) is 0 Å².